The van der Waals surface area contributed by atoms with Gasteiger partial charge in [0.25, 0.3) is 0 Å². The summed E-state index contributed by atoms with van der Waals surface area (Å²) in [7, 11) is 1.52. The number of ether oxygens (including phenoxy) is 1. The zero-order valence-corrected chi connectivity index (χ0v) is 11.3. The Kier molecular flexibility index (Phi) is 4.26. The van der Waals surface area contributed by atoms with Crippen LogP contribution in [0.25, 0.3) is 6.08 Å². The number of carboxylic acid groups (broad SMARTS) is 1. The zero-order valence-electron chi connectivity index (χ0n) is 11.3. The Morgan fingerprint density at radius 3 is 2.70 bits per heavy atom. The van der Waals surface area contributed by atoms with E-state index in [4.69, 9.17) is 10.00 Å². The summed E-state index contributed by atoms with van der Waals surface area (Å²) in [6, 6.07) is 7.13. The molecule has 1 aliphatic heterocycles. The van der Waals surface area contributed by atoms with Crippen LogP contribution in [0.3, 0.4) is 0 Å². The maximum atomic E-state index is 10.8. The van der Waals surface area contributed by atoms with Gasteiger partial charge in [0.15, 0.2) is 0 Å². The maximum absolute atomic E-state index is 10.8. The van der Waals surface area contributed by atoms with Gasteiger partial charge in [0.2, 0.25) is 0 Å². The molecule has 5 nitrogen and oxygen atoms in total. The molecule has 2 rings (SSSR count). The number of carbonyl (C=O) groups is 1. The van der Waals surface area contributed by atoms with Crippen LogP contribution >= 0.6 is 0 Å². The number of methoxy groups -OCH3 is 1. The minimum absolute atomic E-state index is 0.419. The molecule has 0 aromatic heterocycles. The Labute approximate surface area is 117 Å². The Morgan fingerprint density at radius 1 is 1.45 bits per heavy atom. The van der Waals surface area contributed by atoms with E-state index >= 15 is 0 Å². The van der Waals surface area contributed by atoms with Crippen molar-refractivity contribution in [1.29, 1.82) is 5.26 Å². The number of carbonyl (C=O) groups excluding carboxylic acids is 1. The van der Waals surface area contributed by atoms with Crippen molar-refractivity contribution < 1.29 is 14.6 Å². The van der Waals surface area contributed by atoms with Gasteiger partial charge in [-0.25, -0.2) is 0 Å². The fourth-order valence-electron chi connectivity index (χ4n) is 2.28. The molecule has 1 heterocycles. The highest BCUT2D eigenvalue weighted by Crippen LogP contribution is 2.29. The number of carboxylic acids is 1. The van der Waals surface area contributed by atoms with Crippen molar-refractivity contribution in [1.82, 2.24) is 0 Å². The van der Waals surface area contributed by atoms with Gasteiger partial charge in [-0.1, -0.05) is 0 Å². The molecule has 5 heteroatoms. The van der Waals surface area contributed by atoms with E-state index in [9.17, 15) is 9.90 Å². The predicted molar refractivity (Wildman–Crippen MR) is 73.0 cm³/mol. The van der Waals surface area contributed by atoms with Crippen molar-refractivity contribution in [3.8, 4) is 11.8 Å². The van der Waals surface area contributed by atoms with Gasteiger partial charge in [-0.05, 0) is 31.1 Å². The van der Waals surface area contributed by atoms with Crippen LogP contribution in [0, 0.1) is 11.3 Å². The molecule has 0 bridgehead atoms. The number of anilines is 1. The minimum atomic E-state index is -1.49. The monoisotopic (exact) mass is 271 g/mol. The largest absolute Gasteiger partial charge is 0.544 e. The molecule has 0 aliphatic carbocycles. The van der Waals surface area contributed by atoms with Crippen LogP contribution in [-0.2, 0) is 4.79 Å². The number of hydrogen-bond acceptors (Lipinski definition) is 5. The van der Waals surface area contributed by atoms with Crippen molar-refractivity contribution in [2.45, 2.75) is 12.8 Å². The molecule has 0 N–H and O–H groups in total. The second kappa shape index (κ2) is 6.11. The zero-order chi connectivity index (χ0) is 14.5. The topological polar surface area (TPSA) is 76.4 Å². The molecule has 0 saturated carbocycles. The van der Waals surface area contributed by atoms with Gasteiger partial charge in [0, 0.05) is 30.4 Å². The maximum Gasteiger partial charge on any atom is 0.128 e. The molecule has 0 amide bonds. The van der Waals surface area contributed by atoms with Gasteiger partial charge in [0.1, 0.15) is 11.8 Å². The average molecular weight is 271 g/mol. The third kappa shape index (κ3) is 2.91. The average Bonchev–Trinajstić information content (AvgIpc) is 2.98. The summed E-state index contributed by atoms with van der Waals surface area (Å²) >= 11 is 0. The molecular weight excluding hydrogens is 256 g/mol. The van der Waals surface area contributed by atoms with Crippen LogP contribution in [0.2, 0.25) is 0 Å². The lowest BCUT2D eigenvalue weighted by molar-refractivity contribution is -0.298. The molecular formula is C15H15N2O3-. The minimum Gasteiger partial charge on any atom is -0.544 e. The summed E-state index contributed by atoms with van der Waals surface area (Å²) in [5.41, 5.74) is 1.18. The summed E-state index contributed by atoms with van der Waals surface area (Å²) in [5, 5.41) is 19.5. The second-order valence-electron chi connectivity index (χ2n) is 4.58. The van der Waals surface area contributed by atoms with Crippen molar-refractivity contribution in [3.63, 3.8) is 0 Å². The number of rotatable bonds is 4. The number of hydrogen-bond donors (Lipinski definition) is 0. The van der Waals surface area contributed by atoms with Gasteiger partial charge in [-0.2, -0.15) is 5.26 Å². The van der Waals surface area contributed by atoms with E-state index in [1.165, 1.54) is 26.0 Å². The quantitative estimate of drug-likeness (QED) is 0.602. The lowest BCUT2D eigenvalue weighted by Gasteiger charge is -2.19. The van der Waals surface area contributed by atoms with Crippen LogP contribution in [-0.4, -0.2) is 26.2 Å². The van der Waals surface area contributed by atoms with Crippen molar-refractivity contribution in [3.05, 3.63) is 29.3 Å². The summed E-state index contributed by atoms with van der Waals surface area (Å²) in [4.78, 5) is 13.0. The molecule has 0 spiro atoms. The number of aliphatic carboxylic acids is 1. The van der Waals surface area contributed by atoms with Gasteiger partial charge >= 0.3 is 0 Å². The third-order valence-corrected chi connectivity index (χ3v) is 3.33. The van der Waals surface area contributed by atoms with E-state index < -0.39 is 11.5 Å². The predicted octanol–water partition coefficient (Wildman–Crippen LogP) is 0.952. The van der Waals surface area contributed by atoms with Gasteiger partial charge in [-0.15, -0.1) is 0 Å². The molecule has 1 saturated heterocycles. The highest BCUT2D eigenvalue weighted by Gasteiger charge is 2.14. The Bertz CT molecular complexity index is 581. The fraction of sp³-hybridized carbons (Fsp3) is 0.333. The smallest absolute Gasteiger partial charge is 0.128 e. The van der Waals surface area contributed by atoms with Crippen LogP contribution in [0.15, 0.2) is 23.8 Å². The van der Waals surface area contributed by atoms with E-state index in [2.05, 4.69) is 4.90 Å². The normalized spacial score (nSPS) is 15.0. The number of nitrogens with zero attached hydrogens (tertiary/aromatic N) is 2. The van der Waals surface area contributed by atoms with E-state index in [1.54, 1.807) is 12.1 Å². The first-order valence-corrected chi connectivity index (χ1v) is 6.42. The van der Waals surface area contributed by atoms with Crippen molar-refractivity contribution >= 4 is 17.7 Å². The summed E-state index contributed by atoms with van der Waals surface area (Å²) in [6.45, 7) is 2.03. The fourth-order valence-corrected chi connectivity index (χ4v) is 2.28. The first-order valence-electron chi connectivity index (χ1n) is 6.42. The molecule has 1 aromatic carbocycles. The van der Waals surface area contributed by atoms with Gasteiger partial charge in [-0.3, -0.25) is 0 Å². The Balaban J connectivity index is 2.35. The second-order valence-corrected chi connectivity index (χ2v) is 4.58. The van der Waals surface area contributed by atoms with E-state index in [-0.39, 0.29) is 0 Å². The first-order chi connectivity index (χ1) is 9.65. The van der Waals surface area contributed by atoms with Crippen LogP contribution in [0.4, 0.5) is 5.69 Å². The van der Waals surface area contributed by atoms with E-state index in [1.807, 2.05) is 12.1 Å². The van der Waals surface area contributed by atoms with Crippen LogP contribution in [0.5, 0.6) is 5.75 Å². The molecule has 0 unspecified atom stereocenters. The third-order valence-electron chi connectivity index (χ3n) is 3.33. The summed E-state index contributed by atoms with van der Waals surface area (Å²) in [6.07, 6.45) is 3.61. The molecule has 0 atom stereocenters. The Morgan fingerprint density at radius 2 is 2.15 bits per heavy atom. The molecule has 104 valence electrons. The highest BCUT2D eigenvalue weighted by molar-refractivity contribution is 5.95. The lowest BCUT2D eigenvalue weighted by atomic mass is 10.1. The number of nitriles is 1. The molecule has 1 aliphatic rings. The van der Waals surface area contributed by atoms with E-state index in [0.29, 0.717) is 11.3 Å². The van der Waals surface area contributed by atoms with Crippen molar-refractivity contribution in [2.75, 3.05) is 25.1 Å². The summed E-state index contributed by atoms with van der Waals surface area (Å²) in [5.74, 6) is -0.943. The van der Waals surface area contributed by atoms with Gasteiger partial charge < -0.3 is 19.5 Å². The van der Waals surface area contributed by atoms with Crippen LogP contribution in [0.1, 0.15) is 18.4 Å². The first kappa shape index (κ1) is 13.9. The molecule has 1 fully saturated rings. The molecule has 0 radical (unpaired) electrons. The Hall–Kier alpha value is -2.48. The summed E-state index contributed by atoms with van der Waals surface area (Å²) < 4.78 is 5.28. The lowest BCUT2D eigenvalue weighted by Crippen LogP contribution is -2.23. The van der Waals surface area contributed by atoms with Crippen LogP contribution < -0.4 is 14.7 Å². The standard InChI is InChI=1S/C15H16N2O3/c1-20-14-9-13(17-6-2-3-7-17)5-4-11(14)8-12(10-16)15(18)19/h4-5,8-9H,2-3,6-7H2,1H3,(H,18,19)/p-1. The van der Waals surface area contributed by atoms with E-state index in [0.717, 1.165) is 18.8 Å². The van der Waals surface area contributed by atoms with Gasteiger partial charge in [0.05, 0.1) is 18.7 Å². The molecule has 1 aromatic rings. The van der Waals surface area contributed by atoms with Crippen molar-refractivity contribution in [2.24, 2.45) is 0 Å². The molecule has 20 heavy (non-hydrogen) atoms. The SMILES string of the molecule is COc1cc(N2CCCC2)ccc1C=C(C#N)C(=O)[O-]. The highest BCUT2D eigenvalue weighted by atomic mass is 16.5. The number of benzene rings is 1.